The average Bonchev–Trinajstić information content (AvgIpc) is 3.44. The van der Waals surface area contributed by atoms with Crippen molar-refractivity contribution in [1.29, 1.82) is 0 Å². The molecule has 0 aliphatic heterocycles. The number of unbranched alkanes of at least 4 members (excludes halogenated alkanes) is 1. The van der Waals surface area contributed by atoms with E-state index in [-0.39, 0.29) is 18.1 Å². The van der Waals surface area contributed by atoms with Gasteiger partial charge in [0.2, 0.25) is 5.91 Å². The van der Waals surface area contributed by atoms with Gasteiger partial charge in [0.15, 0.2) is 10.9 Å². The van der Waals surface area contributed by atoms with E-state index in [0.717, 1.165) is 29.4 Å². The van der Waals surface area contributed by atoms with Gasteiger partial charge in [0, 0.05) is 11.1 Å². The molecule has 0 saturated carbocycles. The minimum absolute atomic E-state index is 0.0445. The number of aromatic nitrogens is 1. The van der Waals surface area contributed by atoms with Gasteiger partial charge in [0.05, 0.1) is 35.9 Å². The number of ketones is 1. The van der Waals surface area contributed by atoms with E-state index < -0.39 is 6.04 Å². The number of carbonyl (C=O) groups excluding carboxylic acids is 2. The maximum absolute atomic E-state index is 12.7. The van der Waals surface area contributed by atoms with Crippen molar-refractivity contribution in [3.63, 3.8) is 0 Å². The highest BCUT2D eigenvalue weighted by Crippen LogP contribution is 2.21. The lowest BCUT2D eigenvalue weighted by Gasteiger charge is -2.17. The van der Waals surface area contributed by atoms with E-state index in [9.17, 15) is 9.59 Å². The number of hydrogen-bond acceptors (Lipinski definition) is 7. The SMILES string of the molecule is CCCCC(NC(=O)Cc1csc(Nc2ccccc2)n1)C(=O)CSCc1ccco1. The molecule has 0 fully saturated rings. The van der Waals surface area contributed by atoms with Crippen molar-refractivity contribution in [2.24, 2.45) is 0 Å². The summed E-state index contributed by atoms with van der Waals surface area (Å²) in [6.45, 7) is 2.07. The van der Waals surface area contributed by atoms with Crippen LogP contribution < -0.4 is 10.6 Å². The summed E-state index contributed by atoms with van der Waals surface area (Å²) < 4.78 is 5.30. The summed E-state index contributed by atoms with van der Waals surface area (Å²) in [7, 11) is 0. The zero-order valence-electron chi connectivity index (χ0n) is 17.5. The number of nitrogens with one attached hydrogen (secondary N) is 2. The van der Waals surface area contributed by atoms with Crippen LogP contribution in [0.3, 0.4) is 0 Å². The number of carbonyl (C=O) groups is 2. The Morgan fingerprint density at radius 3 is 2.77 bits per heavy atom. The summed E-state index contributed by atoms with van der Waals surface area (Å²) in [5.41, 5.74) is 1.64. The van der Waals surface area contributed by atoms with Gasteiger partial charge in [-0.25, -0.2) is 4.98 Å². The molecule has 31 heavy (non-hydrogen) atoms. The Hall–Kier alpha value is -2.58. The lowest BCUT2D eigenvalue weighted by Crippen LogP contribution is -2.42. The van der Waals surface area contributed by atoms with Gasteiger partial charge in [-0.15, -0.1) is 23.1 Å². The molecule has 0 aliphatic carbocycles. The molecule has 0 bridgehead atoms. The summed E-state index contributed by atoms with van der Waals surface area (Å²) in [6.07, 6.45) is 4.30. The molecule has 0 radical (unpaired) electrons. The van der Waals surface area contributed by atoms with Crippen molar-refractivity contribution >= 4 is 45.6 Å². The molecule has 0 aliphatic rings. The number of anilines is 2. The van der Waals surface area contributed by atoms with Crippen LogP contribution in [0.5, 0.6) is 0 Å². The van der Waals surface area contributed by atoms with E-state index >= 15 is 0 Å². The second-order valence-electron chi connectivity index (χ2n) is 7.11. The van der Waals surface area contributed by atoms with Gasteiger partial charge in [0.25, 0.3) is 0 Å². The molecule has 1 aromatic carbocycles. The lowest BCUT2D eigenvalue weighted by molar-refractivity contribution is -0.126. The quantitative estimate of drug-likeness (QED) is 0.367. The van der Waals surface area contributed by atoms with Gasteiger partial charge in [-0.05, 0) is 30.7 Å². The Labute approximate surface area is 190 Å². The van der Waals surface area contributed by atoms with Crippen molar-refractivity contribution in [2.75, 3.05) is 11.1 Å². The summed E-state index contributed by atoms with van der Waals surface area (Å²) >= 11 is 2.96. The number of Topliss-reactive ketones (excluding diaryl/α,β-unsaturated/α-hetero) is 1. The predicted molar refractivity (Wildman–Crippen MR) is 127 cm³/mol. The Morgan fingerprint density at radius 2 is 2.03 bits per heavy atom. The van der Waals surface area contributed by atoms with E-state index in [1.54, 1.807) is 6.26 Å². The fourth-order valence-electron chi connectivity index (χ4n) is 2.97. The number of hydrogen-bond donors (Lipinski definition) is 2. The molecular formula is C23H27N3O3S2. The van der Waals surface area contributed by atoms with Crippen LogP contribution in [0.2, 0.25) is 0 Å². The molecular weight excluding hydrogens is 430 g/mol. The molecule has 1 unspecified atom stereocenters. The van der Waals surface area contributed by atoms with Crippen molar-refractivity contribution in [3.05, 3.63) is 65.6 Å². The monoisotopic (exact) mass is 457 g/mol. The van der Waals surface area contributed by atoms with E-state index in [4.69, 9.17) is 4.42 Å². The molecule has 6 nitrogen and oxygen atoms in total. The normalized spacial score (nSPS) is 11.8. The number of amides is 1. The second kappa shape index (κ2) is 12.3. The first-order chi connectivity index (χ1) is 15.1. The third-order valence-corrected chi connectivity index (χ3v) is 6.34. The Bertz CT molecular complexity index is 942. The molecule has 2 heterocycles. The third-order valence-electron chi connectivity index (χ3n) is 4.56. The predicted octanol–water partition coefficient (Wildman–Crippen LogP) is 5.20. The number of rotatable bonds is 13. The van der Waals surface area contributed by atoms with Crippen LogP contribution in [0.4, 0.5) is 10.8 Å². The van der Waals surface area contributed by atoms with Crippen LogP contribution in [-0.2, 0) is 21.8 Å². The topological polar surface area (TPSA) is 84.2 Å². The fraction of sp³-hybridized carbons (Fsp3) is 0.348. The molecule has 1 amide bonds. The Morgan fingerprint density at radius 1 is 1.19 bits per heavy atom. The van der Waals surface area contributed by atoms with Gasteiger partial charge >= 0.3 is 0 Å². The number of thioether (sulfide) groups is 1. The summed E-state index contributed by atoms with van der Waals surface area (Å²) in [4.78, 5) is 29.7. The minimum atomic E-state index is -0.461. The average molecular weight is 458 g/mol. The van der Waals surface area contributed by atoms with E-state index in [1.807, 2.05) is 47.8 Å². The summed E-state index contributed by atoms with van der Waals surface area (Å²) in [6, 6.07) is 13.0. The van der Waals surface area contributed by atoms with Gasteiger partial charge in [-0.1, -0.05) is 38.0 Å². The Kier molecular flexibility index (Phi) is 9.17. The van der Waals surface area contributed by atoms with Crippen LogP contribution in [0.15, 0.2) is 58.5 Å². The molecule has 3 aromatic rings. The zero-order valence-corrected chi connectivity index (χ0v) is 19.1. The number of thiazole rings is 1. The lowest BCUT2D eigenvalue weighted by atomic mass is 10.1. The number of benzene rings is 1. The first-order valence-electron chi connectivity index (χ1n) is 10.3. The largest absolute Gasteiger partial charge is 0.468 e. The van der Waals surface area contributed by atoms with Gasteiger partial charge in [-0.2, -0.15) is 0 Å². The van der Waals surface area contributed by atoms with E-state index in [1.165, 1.54) is 23.1 Å². The van der Waals surface area contributed by atoms with Crippen molar-refractivity contribution < 1.29 is 14.0 Å². The molecule has 0 saturated heterocycles. The molecule has 2 N–H and O–H groups in total. The van der Waals surface area contributed by atoms with Crippen LogP contribution in [-0.4, -0.2) is 28.5 Å². The van der Waals surface area contributed by atoms with E-state index in [2.05, 4.69) is 22.5 Å². The van der Waals surface area contributed by atoms with E-state index in [0.29, 0.717) is 23.6 Å². The van der Waals surface area contributed by atoms with Gasteiger partial charge in [0.1, 0.15) is 5.76 Å². The molecule has 1 atom stereocenters. The fourth-order valence-corrected chi connectivity index (χ4v) is 4.57. The van der Waals surface area contributed by atoms with Crippen LogP contribution in [0, 0.1) is 0 Å². The first kappa shape index (κ1) is 23.1. The number of para-hydroxylation sites is 1. The molecule has 0 spiro atoms. The molecule has 8 heteroatoms. The van der Waals surface area contributed by atoms with Gasteiger partial charge in [-0.3, -0.25) is 9.59 Å². The Balaban J connectivity index is 1.49. The summed E-state index contributed by atoms with van der Waals surface area (Å²) in [5, 5.41) is 8.76. The zero-order chi connectivity index (χ0) is 21.9. The van der Waals surface area contributed by atoms with Crippen LogP contribution >= 0.6 is 23.1 Å². The highest BCUT2D eigenvalue weighted by molar-refractivity contribution is 7.99. The second-order valence-corrected chi connectivity index (χ2v) is 8.96. The molecule has 2 aromatic heterocycles. The standard InChI is InChI=1S/C23H27N3O3S2/c1-2-3-11-20(21(27)16-30-15-19-10-7-12-29-19)26-22(28)13-18-14-31-23(25-18)24-17-8-5-4-6-9-17/h4-10,12,14,20H,2-3,11,13,15-16H2,1H3,(H,24,25)(H,26,28). The maximum Gasteiger partial charge on any atom is 0.226 e. The van der Waals surface area contributed by atoms with Gasteiger partial charge < -0.3 is 15.1 Å². The minimum Gasteiger partial charge on any atom is -0.468 e. The maximum atomic E-state index is 12.7. The summed E-state index contributed by atoms with van der Waals surface area (Å²) in [5.74, 6) is 1.70. The third kappa shape index (κ3) is 7.88. The molecule has 3 rings (SSSR count). The van der Waals surface area contributed by atoms with Crippen LogP contribution in [0.1, 0.15) is 37.6 Å². The van der Waals surface area contributed by atoms with Crippen molar-refractivity contribution in [3.8, 4) is 0 Å². The highest BCUT2D eigenvalue weighted by atomic mass is 32.2. The molecule has 164 valence electrons. The highest BCUT2D eigenvalue weighted by Gasteiger charge is 2.21. The van der Waals surface area contributed by atoms with Crippen molar-refractivity contribution in [1.82, 2.24) is 10.3 Å². The number of furan rings is 1. The number of nitrogens with zero attached hydrogens (tertiary/aromatic N) is 1. The van der Waals surface area contributed by atoms with Crippen molar-refractivity contribution in [2.45, 2.75) is 44.4 Å². The van der Waals surface area contributed by atoms with Crippen LogP contribution in [0.25, 0.3) is 0 Å². The smallest absolute Gasteiger partial charge is 0.226 e. The first-order valence-corrected chi connectivity index (χ1v) is 12.4.